The number of nitrogens with zero attached hydrogens (tertiary/aromatic N) is 1. The Hall–Kier alpha value is -0.710. The lowest BCUT2D eigenvalue weighted by atomic mass is 10.1. The molecule has 0 atom stereocenters. The summed E-state index contributed by atoms with van der Waals surface area (Å²) in [5, 5.41) is 4.63. The van der Waals surface area contributed by atoms with Gasteiger partial charge >= 0.3 is 0 Å². The maximum atomic E-state index is 4.84. The summed E-state index contributed by atoms with van der Waals surface area (Å²) in [6.07, 6.45) is 0.985. The summed E-state index contributed by atoms with van der Waals surface area (Å²) in [6.45, 7) is 10.7. The Morgan fingerprint density at radius 3 is 2.71 bits per heavy atom. The van der Waals surface area contributed by atoms with E-state index in [0.717, 1.165) is 29.0 Å². The van der Waals surface area contributed by atoms with Crippen molar-refractivity contribution in [1.82, 2.24) is 10.3 Å². The Balaban J connectivity index is 2.23. The van der Waals surface area contributed by atoms with Crippen molar-refractivity contribution in [3.05, 3.63) is 38.8 Å². The standard InChI is InChI=1S/C17H23BrN2S/c1-5-15-16(10-19-9-11(2)3)21-17(20-15)13-7-6-12(4)8-14(13)18/h6-8,11,19H,5,9-10H2,1-4H3. The smallest absolute Gasteiger partial charge is 0.125 e. The zero-order chi connectivity index (χ0) is 15.4. The van der Waals surface area contributed by atoms with Gasteiger partial charge in [-0.05, 0) is 37.4 Å². The lowest BCUT2D eigenvalue weighted by Gasteiger charge is -2.06. The number of nitrogens with one attached hydrogen (secondary N) is 1. The SMILES string of the molecule is CCc1nc(-c2ccc(C)cc2Br)sc1CNCC(C)C. The van der Waals surface area contributed by atoms with E-state index in [1.165, 1.54) is 21.7 Å². The molecule has 114 valence electrons. The third kappa shape index (κ3) is 4.38. The molecule has 1 aromatic heterocycles. The summed E-state index contributed by atoms with van der Waals surface area (Å²) >= 11 is 5.47. The lowest BCUT2D eigenvalue weighted by Crippen LogP contribution is -2.18. The summed E-state index contributed by atoms with van der Waals surface area (Å²) in [5.74, 6) is 0.675. The Labute approximate surface area is 140 Å². The molecule has 0 bridgehead atoms. The fourth-order valence-electron chi connectivity index (χ4n) is 2.18. The maximum absolute atomic E-state index is 4.84. The van der Waals surface area contributed by atoms with Crippen LogP contribution in [0.1, 0.15) is 36.9 Å². The molecule has 2 rings (SSSR count). The van der Waals surface area contributed by atoms with Gasteiger partial charge in [0.15, 0.2) is 0 Å². The second-order valence-electron chi connectivity index (χ2n) is 5.75. The summed E-state index contributed by atoms with van der Waals surface area (Å²) in [7, 11) is 0. The number of aryl methyl sites for hydroxylation is 2. The van der Waals surface area contributed by atoms with Gasteiger partial charge in [-0.2, -0.15) is 0 Å². The first kappa shape index (κ1) is 16.7. The van der Waals surface area contributed by atoms with Crippen LogP contribution in [-0.4, -0.2) is 11.5 Å². The number of hydrogen-bond donors (Lipinski definition) is 1. The number of benzene rings is 1. The lowest BCUT2D eigenvalue weighted by molar-refractivity contribution is 0.553. The van der Waals surface area contributed by atoms with E-state index in [2.05, 4.69) is 67.1 Å². The number of aromatic nitrogens is 1. The largest absolute Gasteiger partial charge is 0.312 e. The molecule has 0 aliphatic heterocycles. The normalized spacial score (nSPS) is 11.3. The fourth-order valence-corrected chi connectivity index (χ4v) is 4.15. The predicted molar refractivity (Wildman–Crippen MR) is 95.9 cm³/mol. The molecule has 21 heavy (non-hydrogen) atoms. The van der Waals surface area contributed by atoms with E-state index in [9.17, 15) is 0 Å². The number of rotatable bonds is 6. The molecule has 1 aromatic carbocycles. The van der Waals surface area contributed by atoms with Crippen LogP contribution < -0.4 is 5.32 Å². The first-order valence-electron chi connectivity index (χ1n) is 7.47. The van der Waals surface area contributed by atoms with Gasteiger partial charge in [-0.1, -0.05) is 48.8 Å². The van der Waals surface area contributed by atoms with Crippen LogP contribution >= 0.6 is 27.3 Å². The molecule has 0 saturated heterocycles. The van der Waals surface area contributed by atoms with Crippen LogP contribution in [0.2, 0.25) is 0 Å². The van der Waals surface area contributed by atoms with Crippen molar-refractivity contribution in [3.8, 4) is 10.6 Å². The summed E-state index contributed by atoms with van der Waals surface area (Å²) in [6, 6.07) is 6.45. The van der Waals surface area contributed by atoms with E-state index in [1.807, 2.05) is 0 Å². The molecule has 2 nitrogen and oxygen atoms in total. The fraction of sp³-hybridized carbons (Fsp3) is 0.471. The van der Waals surface area contributed by atoms with Gasteiger partial charge in [-0.15, -0.1) is 11.3 Å². The highest BCUT2D eigenvalue weighted by molar-refractivity contribution is 9.10. The highest BCUT2D eigenvalue weighted by atomic mass is 79.9. The Morgan fingerprint density at radius 2 is 2.10 bits per heavy atom. The molecule has 1 heterocycles. The zero-order valence-electron chi connectivity index (χ0n) is 13.2. The van der Waals surface area contributed by atoms with Crippen LogP contribution in [0.4, 0.5) is 0 Å². The minimum Gasteiger partial charge on any atom is -0.312 e. The third-order valence-electron chi connectivity index (χ3n) is 3.31. The Morgan fingerprint density at radius 1 is 1.33 bits per heavy atom. The van der Waals surface area contributed by atoms with E-state index in [0.29, 0.717) is 5.92 Å². The van der Waals surface area contributed by atoms with Crippen molar-refractivity contribution in [2.75, 3.05) is 6.54 Å². The van der Waals surface area contributed by atoms with E-state index in [1.54, 1.807) is 11.3 Å². The molecule has 0 radical (unpaired) electrons. The summed E-state index contributed by atoms with van der Waals surface area (Å²) in [4.78, 5) is 6.20. The van der Waals surface area contributed by atoms with Gasteiger partial charge in [0.1, 0.15) is 5.01 Å². The molecule has 0 aliphatic rings. The maximum Gasteiger partial charge on any atom is 0.125 e. The van der Waals surface area contributed by atoms with Crippen LogP contribution in [0, 0.1) is 12.8 Å². The van der Waals surface area contributed by atoms with Crippen LogP contribution in [0.15, 0.2) is 22.7 Å². The average Bonchev–Trinajstić information content (AvgIpc) is 2.81. The van der Waals surface area contributed by atoms with Crippen molar-refractivity contribution in [3.63, 3.8) is 0 Å². The van der Waals surface area contributed by atoms with Gasteiger partial charge in [0.05, 0.1) is 5.69 Å². The first-order valence-corrected chi connectivity index (χ1v) is 9.08. The monoisotopic (exact) mass is 366 g/mol. The third-order valence-corrected chi connectivity index (χ3v) is 5.09. The van der Waals surface area contributed by atoms with Gasteiger partial charge < -0.3 is 5.32 Å². The number of halogens is 1. The molecule has 0 spiro atoms. The Kier molecular flexibility index (Phi) is 5.97. The van der Waals surface area contributed by atoms with Crippen LogP contribution in [0.25, 0.3) is 10.6 Å². The first-order chi connectivity index (χ1) is 10.0. The van der Waals surface area contributed by atoms with Crippen molar-refractivity contribution < 1.29 is 0 Å². The molecule has 0 unspecified atom stereocenters. The van der Waals surface area contributed by atoms with Gasteiger partial charge in [-0.25, -0.2) is 4.98 Å². The highest BCUT2D eigenvalue weighted by Gasteiger charge is 2.13. The van der Waals surface area contributed by atoms with Crippen LogP contribution in [0.3, 0.4) is 0 Å². The molecule has 4 heteroatoms. The topological polar surface area (TPSA) is 24.9 Å². The molecular weight excluding hydrogens is 344 g/mol. The van der Waals surface area contributed by atoms with E-state index in [4.69, 9.17) is 4.98 Å². The average molecular weight is 367 g/mol. The minimum atomic E-state index is 0.675. The molecule has 0 saturated carbocycles. The number of hydrogen-bond acceptors (Lipinski definition) is 3. The van der Waals surface area contributed by atoms with Crippen LogP contribution in [-0.2, 0) is 13.0 Å². The second-order valence-corrected chi connectivity index (χ2v) is 7.69. The molecule has 0 fully saturated rings. The molecule has 0 amide bonds. The number of thiazole rings is 1. The van der Waals surface area contributed by atoms with E-state index >= 15 is 0 Å². The van der Waals surface area contributed by atoms with Crippen molar-refractivity contribution in [2.24, 2.45) is 5.92 Å². The highest BCUT2D eigenvalue weighted by Crippen LogP contribution is 2.34. The summed E-state index contributed by atoms with van der Waals surface area (Å²) in [5.41, 5.74) is 3.67. The second kappa shape index (κ2) is 7.52. The van der Waals surface area contributed by atoms with Crippen molar-refractivity contribution in [1.29, 1.82) is 0 Å². The Bertz CT molecular complexity index is 605. The van der Waals surface area contributed by atoms with Gasteiger partial charge in [0, 0.05) is 21.5 Å². The summed E-state index contributed by atoms with van der Waals surface area (Å²) < 4.78 is 1.13. The van der Waals surface area contributed by atoms with Crippen molar-refractivity contribution >= 4 is 27.3 Å². The van der Waals surface area contributed by atoms with E-state index < -0.39 is 0 Å². The van der Waals surface area contributed by atoms with Gasteiger partial charge in [-0.3, -0.25) is 0 Å². The van der Waals surface area contributed by atoms with Crippen molar-refractivity contribution in [2.45, 2.75) is 40.7 Å². The van der Waals surface area contributed by atoms with Gasteiger partial charge in [0.2, 0.25) is 0 Å². The predicted octanol–water partition coefficient (Wildman–Crippen LogP) is 5.19. The quantitative estimate of drug-likeness (QED) is 0.760. The molecule has 2 aromatic rings. The molecule has 0 aliphatic carbocycles. The van der Waals surface area contributed by atoms with Crippen LogP contribution in [0.5, 0.6) is 0 Å². The zero-order valence-corrected chi connectivity index (χ0v) is 15.6. The molecular formula is C17H23BrN2S. The minimum absolute atomic E-state index is 0.675. The van der Waals surface area contributed by atoms with E-state index in [-0.39, 0.29) is 0 Å². The molecule has 1 N–H and O–H groups in total. The van der Waals surface area contributed by atoms with Gasteiger partial charge in [0.25, 0.3) is 0 Å².